The Labute approximate surface area is 102 Å². The third kappa shape index (κ3) is 5.65. The van der Waals surface area contributed by atoms with Crippen LogP contribution in [0.4, 0.5) is 4.79 Å². The van der Waals surface area contributed by atoms with E-state index in [9.17, 15) is 9.59 Å². The highest BCUT2D eigenvalue weighted by molar-refractivity contribution is 5.95. The number of hydrogen-bond acceptors (Lipinski definition) is 4. The molecule has 4 N–H and O–H groups in total. The van der Waals surface area contributed by atoms with Crippen LogP contribution < -0.4 is 16.4 Å². The third-order valence-corrected chi connectivity index (χ3v) is 2.58. The van der Waals surface area contributed by atoms with Crippen molar-refractivity contribution in [2.24, 2.45) is 5.73 Å². The first-order valence-electron chi connectivity index (χ1n) is 6.05. The summed E-state index contributed by atoms with van der Waals surface area (Å²) >= 11 is 0. The monoisotopic (exact) mass is 242 g/mol. The first-order valence-corrected chi connectivity index (χ1v) is 6.05. The van der Waals surface area contributed by atoms with Crippen LogP contribution in [-0.4, -0.2) is 48.6 Å². The highest BCUT2D eigenvalue weighted by Gasteiger charge is 2.19. The summed E-state index contributed by atoms with van der Waals surface area (Å²) in [6.07, 6.45) is 2.01. The van der Waals surface area contributed by atoms with Gasteiger partial charge in [0.2, 0.25) is 5.91 Å². The predicted octanol–water partition coefficient (Wildman–Crippen LogP) is -0.356. The van der Waals surface area contributed by atoms with E-state index in [-0.39, 0.29) is 24.5 Å². The molecule has 1 aliphatic rings. The predicted molar refractivity (Wildman–Crippen MR) is 65.5 cm³/mol. The van der Waals surface area contributed by atoms with Gasteiger partial charge in [-0.3, -0.25) is 15.0 Å². The molecule has 0 saturated carbocycles. The summed E-state index contributed by atoms with van der Waals surface area (Å²) in [7, 11) is 0. The fraction of sp³-hybridized carbons (Fsp3) is 0.818. The Balaban J connectivity index is 2.26. The number of carbonyl (C=O) groups excluding carboxylic acids is 2. The number of hydrogen-bond donors (Lipinski definition) is 3. The molecule has 1 saturated heterocycles. The molecule has 3 amide bonds. The number of nitrogens with two attached hydrogens (primary N) is 1. The van der Waals surface area contributed by atoms with Crippen LogP contribution in [0.25, 0.3) is 0 Å². The lowest BCUT2D eigenvalue weighted by Crippen LogP contribution is -2.50. The number of imide groups is 1. The molecule has 6 heteroatoms. The van der Waals surface area contributed by atoms with E-state index in [4.69, 9.17) is 5.73 Å². The highest BCUT2D eigenvalue weighted by atomic mass is 16.2. The second-order valence-corrected chi connectivity index (χ2v) is 4.81. The quantitative estimate of drug-likeness (QED) is 0.631. The molecule has 1 aliphatic heterocycles. The average Bonchev–Trinajstić information content (AvgIpc) is 2.14. The molecule has 0 aromatic heterocycles. The Morgan fingerprint density at radius 3 is 2.76 bits per heavy atom. The third-order valence-electron chi connectivity index (χ3n) is 2.58. The van der Waals surface area contributed by atoms with Crippen molar-refractivity contribution in [3.8, 4) is 0 Å². The molecule has 0 aromatic carbocycles. The lowest BCUT2D eigenvalue weighted by atomic mass is 10.1. The van der Waals surface area contributed by atoms with Crippen molar-refractivity contribution >= 4 is 11.9 Å². The number of carbonyl (C=O) groups is 2. The normalized spacial score (nSPS) is 21.3. The van der Waals surface area contributed by atoms with Gasteiger partial charge in [0.25, 0.3) is 0 Å². The van der Waals surface area contributed by atoms with Crippen molar-refractivity contribution < 1.29 is 9.59 Å². The zero-order valence-electron chi connectivity index (χ0n) is 10.5. The van der Waals surface area contributed by atoms with E-state index in [0.29, 0.717) is 0 Å². The molecule has 0 bridgehead atoms. The Kier molecular flexibility index (Phi) is 5.37. The first kappa shape index (κ1) is 13.9. The molecular formula is C11H22N4O2. The number of nitrogens with one attached hydrogen (secondary N) is 2. The van der Waals surface area contributed by atoms with Gasteiger partial charge >= 0.3 is 6.03 Å². The van der Waals surface area contributed by atoms with Gasteiger partial charge in [0, 0.05) is 18.6 Å². The van der Waals surface area contributed by atoms with E-state index in [1.54, 1.807) is 0 Å². The summed E-state index contributed by atoms with van der Waals surface area (Å²) in [4.78, 5) is 24.8. The van der Waals surface area contributed by atoms with E-state index < -0.39 is 6.03 Å². The SMILES string of the molecule is CC(C)NC(=O)NC(=O)CN1CCCC(N)C1. The van der Waals surface area contributed by atoms with Crippen molar-refractivity contribution in [2.75, 3.05) is 19.6 Å². The smallest absolute Gasteiger partial charge is 0.321 e. The molecule has 98 valence electrons. The van der Waals surface area contributed by atoms with Gasteiger partial charge in [-0.2, -0.15) is 0 Å². The van der Waals surface area contributed by atoms with Crippen molar-refractivity contribution in [2.45, 2.75) is 38.8 Å². The average molecular weight is 242 g/mol. The Hall–Kier alpha value is -1.14. The minimum Gasteiger partial charge on any atom is -0.336 e. The minimum absolute atomic E-state index is 0.0196. The zero-order chi connectivity index (χ0) is 12.8. The van der Waals surface area contributed by atoms with Gasteiger partial charge in [0.1, 0.15) is 0 Å². The van der Waals surface area contributed by atoms with Gasteiger partial charge < -0.3 is 11.1 Å². The van der Waals surface area contributed by atoms with Crippen LogP contribution in [0, 0.1) is 0 Å². The number of urea groups is 1. The van der Waals surface area contributed by atoms with Gasteiger partial charge in [-0.25, -0.2) is 4.79 Å². The van der Waals surface area contributed by atoms with E-state index in [2.05, 4.69) is 10.6 Å². The van der Waals surface area contributed by atoms with Gasteiger partial charge in [0.15, 0.2) is 0 Å². The van der Waals surface area contributed by atoms with Crippen LogP contribution in [0.3, 0.4) is 0 Å². The summed E-state index contributed by atoms with van der Waals surface area (Å²) in [6, 6.07) is -0.279. The Bertz CT molecular complexity index is 281. The summed E-state index contributed by atoms with van der Waals surface area (Å²) in [5.41, 5.74) is 5.82. The molecule has 0 spiro atoms. The van der Waals surface area contributed by atoms with E-state index >= 15 is 0 Å². The molecule has 17 heavy (non-hydrogen) atoms. The molecule has 1 fully saturated rings. The minimum atomic E-state index is -0.439. The molecular weight excluding hydrogens is 220 g/mol. The summed E-state index contributed by atoms with van der Waals surface area (Å²) in [6.45, 7) is 5.51. The van der Waals surface area contributed by atoms with Crippen molar-refractivity contribution in [1.29, 1.82) is 0 Å². The lowest BCUT2D eigenvalue weighted by Gasteiger charge is -2.29. The summed E-state index contributed by atoms with van der Waals surface area (Å²) in [5.74, 6) is -0.280. The summed E-state index contributed by atoms with van der Waals surface area (Å²) < 4.78 is 0. The number of nitrogens with zero attached hydrogens (tertiary/aromatic N) is 1. The number of likely N-dealkylation sites (tertiary alicyclic amines) is 1. The maximum absolute atomic E-state index is 11.6. The van der Waals surface area contributed by atoms with Crippen LogP contribution in [0.2, 0.25) is 0 Å². The fourth-order valence-electron chi connectivity index (χ4n) is 1.90. The van der Waals surface area contributed by atoms with Crippen LogP contribution in [0.5, 0.6) is 0 Å². The molecule has 0 aliphatic carbocycles. The molecule has 1 unspecified atom stereocenters. The largest absolute Gasteiger partial charge is 0.336 e. The van der Waals surface area contributed by atoms with Crippen molar-refractivity contribution in [1.82, 2.24) is 15.5 Å². The lowest BCUT2D eigenvalue weighted by molar-refractivity contribution is -0.121. The van der Waals surface area contributed by atoms with E-state index in [1.165, 1.54) is 0 Å². The summed E-state index contributed by atoms with van der Waals surface area (Å²) in [5, 5.41) is 4.91. The van der Waals surface area contributed by atoms with Crippen LogP contribution >= 0.6 is 0 Å². The molecule has 0 radical (unpaired) electrons. The molecule has 1 rings (SSSR count). The molecule has 0 aromatic rings. The molecule has 1 heterocycles. The van der Waals surface area contributed by atoms with E-state index in [1.807, 2.05) is 18.7 Å². The van der Waals surface area contributed by atoms with Crippen molar-refractivity contribution in [3.63, 3.8) is 0 Å². The molecule has 1 atom stereocenters. The van der Waals surface area contributed by atoms with Crippen LogP contribution in [0.15, 0.2) is 0 Å². The Morgan fingerprint density at radius 2 is 2.18 bits per heavy atom. The van der Waals surface area contributed by atoms with Crippen LogP contribution in [0.1, 0.15) is 26.7 Å². The van der Waals surface area contributed by atoms with Crippen molar-refractivity contribution in [3.05, 3.63) is 0 Å². The van der Waals surface area contributed by atoms with Gasteiger partial charge in [-0.1, -0.05) is 0 Å². The highest BCUT2D eigenvalue weighted by Crippen LogP contribution is 2.07. The maximum atomic E-state index is 11.6. The maximum Gasteiger partial charge on any atom is 0.321 e. The Morgan fingerprint density at radius 1 is 1.47 bits per heavy atom. The van der Waals surface area contributed by atoms with Gasteiger partial charge in [-0.15, -0.1) is 0 Å². The topological polar surface area (TPSA) is 87.5 Å². The zero-order valence-corrected chi connectivity index (χ0v) is 10.5. The van der Waals surface area contributed by atoms with Gasteiger partial charge in [0.05, 0.1) is 6.54 Å². The van der Waals surface area contributed by atoms with Gasteiger partial charge in [-0.05, 0) is 33.2 Å². The van der Waals surface area contributed by atoms with Crippen LogP contribution in [-0.2, 0) is 4.79 Å². The second-order valence-electron chi connectivity index (χ2n) is 4.81. The first-order chi connectivity index (χ1) is 7.97. The fourth-order valence-corrected chi connectivity index (χ4v) is 1.90. The number of piperidine rings is 1. The standard InChI is InChI=1S/C11H22N4O2/c1-8(2)13-11(17)14-10(16)7-15-5-3-4-9(12)6-15/h8-9H,3-7,12H2,1-2H3,(H2,13,14,16,17). The second kappa shape index (κ2) is 6.56. The number of rotatable bonds is 3. The molecule has 6 nitrogen and oxygen atoms in total. The van der Waals surface area contributed by atoms with E-state index in [0.717, 1.165) is 25.9 Å². The number of amides is 3.